The van der Waals surface area contributed by atoms with Crippen LogP contribution in [-0.4, -0.2) is 50.8 Å². The van der Waals surface area contributed by atoms with Crippen molar-refractivity contribution < 1.29 is 23.1 Å². The van der Waals surface area contributed by atoms with Gasteiger partial charge in [-0.15, -0.1) is 0 Å². The lowest BCUT2D eigenvalue weighted by Gasteiger charge is -2.36. The van der Waals surface area contributed by atoms with Crippen molar-refractivity contribution >= 4 is 15.9 Å². The molecule has 8 heteroatoms. The Kier molecular flexibility index (Phi) is 7.67. The molecular formula is C21H32N2O5S. The van der Waals surface area contributed by atoms with Crippen molar-refractivity contribution in [1.29, 1.82) is 0 Å². The number of aliphatic hydroxyl groups is 1. The lowest BCUT2D eigenvalue weighted by Crippen LogP contribution is -2.52. The Morgan fingerprint density at radius 3 is 2.59 bits per heavy atom. The summed E-state index contributed by atoms with van der Waals surface area (Å²) in [6.45, 7) is 1.87. The van der Waals surface area contributed by atoms with E-state index in [1.54, 1.807) is 31.2 Å². The molecule has 3 rings (SSSR count). The topological polar surface area (TPSA) is 105 Å². The molecule has 1 aliphatic heterocycles. The molecule has 1 aromatic rings. The number of rotatable bonds is 8. The van der Waals surface area contributed by atoms with Crippen molar-refractivity contribution in [2.24, 2.45) is 5.92 Å². The van der Waals surface area contributed by atoms with Crippen molar-refractivity contribution in [2.75, 3.05) is 13.2 Å². The van der Waals surface area contributed by atoms with Gasteiger partial charge < -0.3 is 15.2 Å². The van der Waals surface area contributed by atoms with Crippen molar-refractivity contribution in [1.82, 2.24) is 10.0 Å². The standard InChI is InChI=1S/C21H32N2O5S/c1-15-6-2-5-9-20(15)29(26,27)22-13-12-17-10-11-18(19(14-24)28-17)23-21(25)16-7-3-4-8-16/h2,5-6,9,16-19,22,24H,3-4,7-8,10-14H2,1H3,(H,23,25)/t17-,18+,19+/m1/s1. The highest BCUT2D eigenvalue weighted by Gasteiger charge is 2.34. The number of benzene rings is 1. The second-order valence-electron chi connectivity index (χ2n) is 8.10. The van der Waals surface area contributed by atoms with Gasteiger partial charge in [0, 0.05) is 12.5 Å². The van der Waals surface area contributed by atoms with Gasteiger partial charge in [-0.05, 0) is 50.7 Å². The molecule has 0 aromatic heterocycles. The molecule has 1 saturated carbocycles. The van der Waals surface area contributed by atoms with E-state index in [2.05, 4.69) is 10.0 Å². The molecular weight excluding hydrogens is 392 g/mol. The number of hydrogen-bond acceptors (Lipinski definition) is 5. The Morgan fingerprint density at radius 2 is 1.90 bits per heavy atom. The van der Waals surface area contributed by atoms with E-state index in [1.807, 2.05) is 0 Å². The van der Waals surface area contributed by atoms with E-state index in [0.29, 0.717) is 12.0 Å². The van der Waals surface area contributed by atoms with Crippen LogP contribution in [0.4, 0.5) is 0 Å². The van der Waals surface area contributed by atoms with Crippen LogP contribution in [0.2, 0.25) is 0 Å². The van der Waals surface area contributed by atoms with Crippen LogP contribution in [0.25, 0.3) is 0 Å². The molecule has 29 heavy (non-hydrogen) atoms. The predicted octanol–water partition coefficient (Wildman–Crippen LogP) is 1.88. The first-order valence-corrected chi connectivity index (χ1v) is 12.0. The van der Waals surface area contributed by atoms with Crippen LogP contribution in [0, 0.1) is 12.8 Å². The Balaban J connectivity index is 1.47. The van der Waals surface area contributed by atoms with E-state index in [9.17, 15) is 18.3 Å². The van der Waals surface area contributed by atoms with Crippen LogP contribution in [0.5, 0.6) is 0 Å². The highest BCUT2D eigenvalue weighted by molar-refractivity contribution is 7.89. The van der Waals surface area contributed by atoms with Gasteiger partial charge in [0.15, 0.2) is 0 Å². The summed E-state index contributed by atoms with van der Waals surface area (Å²) in [6.07, 6.45) is 5.44. The SMILES string of the molecule is Cc1ccccc1S(=O)(=O)NCC[C@H]1CC[C@H](NC(=O)C2CCCC2)[C@H](CO)O1. The number of carbonyl (C=O) groups excluding carboxylic acids is 1. The molecule has 0 radical (unpaired) electrons. The van der Waals surface area contributed by atoms with Crippen molar-refractivity contribution in [3.05, 3.63) is 29.8 Å². The van der Waals surface area contributed by atoms with Gasteiger partial charge in [-0.1, -0.05) is 31.0 Å². The third-order valence-electron chi connectivity index (χ3n) is 5.99. The summed E-state index contributed by atoms with van der Waals surface area (Å²) in [4.78, 5) is 12.7. The van der Waals surface area contributed by atoms with E-state index in [1.165, 1.54) is 0 Å². The van der Waals surface area contributed by atoms with Crippen LogP contribution < -0.4 is 10.0 Å². The van der Waals surface area contributed by atoms with E-state index in [0.717, 1.165) is 38.5 Å². The van der Waals surface area contributed by atoms with Gasteiger partial charge in [-0.2, -0.15) is 0 Å². The molecule has 1 aromatic carbocycles. The molecule has 1 saturated heterocycles. The molecule has 2 aliphatic rings. The molecule has 1 heterocycles. The average molecular weight is 425 g/mol. The third kappa shape index (κ3) is 5.78. The van der Waals surface area contributed by atoms with Gasteiger partial charge in [0.25, 0.3) is 0 Å². The molecule has 0 unspecified atom stereocenters. The summed E-state index contributed by atoms with van der Waals surface area (Å²) in [6, 6.07) is 6.69. The summed E-state index contributed by atoms with van der Waals surface area (Å²) < 4.78 is 33.5. The van der Waals surface area contributed by atoms with Crippen molar-refractivity contribution in [3.63, 3.8) is 0 Å². The zero-order valence-corrected chi connectivity index (χ0v) is 17.8. The maximum absolute atomic E-state index is 12.5. The first-order valence-electron chi connectivity index (χ1n) is 10.5. The van der Waals surface area contributed by atoms with Crippen molar-refractivity contribution in [3.8, 4) is 0 Å². The van der Waals surface area contributed by atoms with E-state index < -0.39 is 16.1 Å². The molecule has 2 fully saturated rings. The summed E-state index contributed by atoms with van der Waals surface area (Å²) in [5.74, 6) is 0.155. The number of hydrogen-bond donors (Lipinski definition) is 3. The molecule has 0 spiro atoms. The predicted molar refractivity (Wildman–Crippen MR) is 110 cm³/mol. The van der Waals surface area contributed by atoms with Gasteiger partial charge in [-0.25, -0.2) is 13.1 Å². The van der Waals surface area contributed by atoms with Crippen LogP contribution in [0.1, 0.15) is 50.5 Å². The minimum atomic E-state index is -3.56. The number of aliphatic hydroxyl groups excluding tert-OH is 1. The molecule has 1 aliphatic carbocycles. The molecule has 3 N–H and O–H groups in total. The Hall–Kier alpha value is -1.48. The number of nitrogens with one attached hydrogen (secondary N) is 2. The highest BCUT2D eigenvalue weighted by atomic mass is 32.2. The highest BCUT2D eigenvalue weighted by Crippen LogP contribution is 2.27. The number of sulfonamides is 1. The normalized spacial score (nSPS) is 25.8. The maximum atomic E-state index is 12.5. The molecule has 1 amide bonds. The van der Waals surface area contributed by atoms with Gasteiger partial charge in [-0.3, -0.25) is 4.79 Å². The number of aryl methyl sites for hydroxylation is 1. The van der Waals surface area contributed by atoms with Crippen LogP contribution in [-0.2, 0) is 19.6 Å². The lowest BCUT2D eigenvalue weighted by molar-refractivity contribution is -0.131. The van der Waals surface area contributed by atoms with Gasteiger partial charge >= 0.3 is 0 Å². The number of carbonyl (C=O) groups is 1. The monoisotopic (exact) mass is 424 g/mol. The second-order valence-corrected chi connectivity index (χ2v) is 9.84. The zero-order valence-electron chi connectivity index (χ0n) is 17.0. The Morgan fingerprint density at radius 1 is 1.17 bits per heavy atom. The van der Waals surface area contributed by atoms with Crippen LogP contribution >= 0.6 is 0 Å². The first kappa shape index (κ1) is 22.2. The summed E-state index contributed by atoms with van der Waals surface area (Å²) >= 11 is 0. The van der Waals surface area contributed by atoms with E-state index in [-0.39, 0.29) is 42.0 Å². The second kappa shape index (κ2) is 10.0. The van der Waals surface area contributed by atoms with Gasteiger partial charge in [0.2, 0.25) is 15.9 Å². The minimum absolute atomic E-state index is 0.0685. The molecule has 162 valence electrons. The smallest absolute Gasteiger partial charge is 0.240 e. The Labute approximate surface area is 173 Å². The fourth-order valence-electron chi connectivity index (χ4n) is 4.29. The fourth-order valence-corrected chi connectivity index (χ4v) is 5.58. The minimum Gasteiger partial charge on any atom is -0.394 e. The quantitative estimate of drug-likeness (QED) is 0.591. The number of amides is 1. The van der Waals surface area contributed by atoms with Gasteiger partial charge in [0.1, 0.15) is 6.10 Å². The van der Waals surface area contributed by atoms with Crippen LogP contribution in [0.3, 0.4) is 0 Å². The summed E-state index contributed by atoms with van der Waals surface area (Å²) in [5.41, 5.74) is 0.704. The van der Waals surface area contributed by atoms with Crippen molar-refractivity contribution in [2.45, 2.75) is 75.0 Å². The average Bonchev–Trinajstić information content (AvgIpc) is 3.24. The molecule has 7 nitrogen and oxygen atoms in total. The maximum Gasteiger partial charge on any atom is 0.240 e. The van der Waals surface area contributed by atoms with E-state index >= 15 is 0 Å². The third-order valence-corrected chi connectivity index (χ3v) is 7.61. The largest absolute Gasteiger partial charge is 0.394 e. The van der Waals surface area contributed by atoms with Crippen LogP contribution in [0.15, 0.2) is 29.2 Å². The summed E-state index contributed by atoms with van der Waals surface area (Å²) in [7, 11) is -3.56. The van der Waals surface area contributed by atoms with E-state index in [4.69, 9.17) is 4.74 Å². The molecule has 3 atom stereocenters. The number of ether oxygens (including phenoxy) is 1. The lowest BCUT2D eigenvalue weighted by atomic mass is 9.96. The zero-order chi connectivity index (χ0) is 20.9. The summed E-state index contributed by atoms with van der Waals surface area (Å²) in [5, 5.41) is 12.8. The van der Waals surface area contributed by atoms with Gasteiger partial charge in [0.05, 0.1) is 23.6 Å². The Bertz CT molecular complexity index is 792. The first-order chi connectivity index (χ1) is 13.9. The molecule has 0 bridgehead atoms. The fraction of sp³-hybridized carbons (Fsp3) is 0.667.